The maximum Gasteiger partial charge on any atom is 0.234 e. The third-order valence-corrected chi connectivity index (χ3v) is 2.72. The molecule has 0 bridgehead atoms. The van der Waals surface area contributed by atoms with Crippen LogP contribution in [0, 0.1) is 18.3 Å². The van der Waals surface area contributed by atoms with Gasteiger partial charge in [-0.1, -0.05) is 0 Å². The maximum absolute atomic E-state index is 11.1. The van der Waals surface area contributed by atoms with Gasteiger partial charge in [-0.15, -0.1) is 11.3 Å². The molecule has 0 fully saturated rings. The van der Waals surface area contributed by atoms with E-state index in [1.807, 2.05) is 13.8 Å². The first-order valence-corrected chi connectivity index (χ1v) is 5.03. The zero-order chi connectivity index (χ0) is 10.6. The highest BCUT2D eigenvalue weighted by atomic mass is 32.1. The Morgan fingerprint density at radius 3 is 3.07 bits per heavy atom. The highest BCUT2D eigenvalue weighted by Gasteiger charge is 2.11. The first kappa shape index (κ1) is 10.7. The van der Waals surface area contributed by atoms with Crippen molar-refractivity contribution in [1.29, 1.82) is 5.26 Å². The van der Waals surface area contributed by atoms with Crippen molar-refractivity contribution in [3.05, 3.63) is 16.1 Å². The van der Waals surface area contributed by atoms with Gasteiger partial charge in [0.15, 0.2) is 0 Å². The minimum absolute atomic E-state index is 0.102. The lowest BCUT2D eigenvalue weighted by atomic mass is 10.3. The lowest BCUT2D eigenvalue weighted by Gasteiger charge is -2.08. The number of carbonyl (C=O) groups is 1. The molecule has 1 aromatic heterocycles. The van der Waals surface area contributed by atoms with E-state index in [1.165, 1.54) is 0 Å². The molecule has 1 aromatic rings. The molecule has 1 atom stereocenters. The van der Waals surface area contributed by atoms with Crippen molar-refractivity contribution in [1.82, 2.24) is 10.3 Å². The number of nitriles is 1. The Kier molecular flexibility index (Phi) is 3.60. The Balaban J connectivity index is 2.55. The van der Waals surface area contributed by atoms with Gasteiger partial charge in [0, 0.05) is 11.1 Å². The predicted molar refractivity (Wildman–Crippen MR) is 53.6 cm³/mol. The van der Waals surface area contributed by atoms with E-state index >= 15 is 0 Å². The molecule has 74 valence electrons. The molecule has 0 spiro atoms. The van der Waals surface area contributed by atoms with E-state index in [0.29, 0.717) is 0 Å². The lowest BCUT2D eigenvalue weighted by Crippen LogP contribution is -2.25. The smallest absolute Gasteiger partial charge is 0.234 e. The monoisotopic (exact) mass is 209 g/mol. The number of carbonyl (C=O) groups excluding carboxylic acids is 1. The molecule has 4 nitrogen and oxygen atoms in total. The van der Waals surface area contributed by atoms with Crippen LogP contribution < -0.4 is 5.32 Å². The molecule has 1 unspecified atom stereocenters. The Hall–Kier alpha value is -1.41. The second-order valence-corrected chi connectivity index (χ2v) is 4.20. The average molecular weight is 209 g/mol. The van der Waals surface area contributed by atoms with Gasteiger partial charge < -0.3 is 5.32 Å². The van der Waals surface area contributed by atoms with Gasteiger partial charge in [-0.3, -0.25) is 4.79 Å². The summed E-state index contributed by atoms with van der Waals surface area (Å²) in [5.41, 5.74) is 0. The molecular formula is C9H11N3OS. The van der Waals surface area contributed by atoms with E-state index in [9.17, 15) is 4.79 Å². The molecule has 0 saturated heterocycles. The number of aryl methyl sites for hydroxylation is 1. The van der Waals surface area contributed by atoms with Crippen LogP contribution in [0.5, 0.6) is 0 Å². The molecule has 1 amide bonds. The zero-order valence-electron chi connectivity index (χ0n) is 8.07. The number of thiazole rings is 1. The van der Waals surface area contributed by atoms with Crippen LogP contribution in [0.25, 0.3) is 0 Å². The number of hydrogen-bond acceptors (Lipinski definition) is 4. The normalized spacial score (nSPS) is 11.8. The van der Waals surface area contributed by atoms with Gasteiger partial charge in [0.2, 0.25) is 5.91 Å². The Morgan fingerprint density at radius 1 is 1.86 bits per heavy atom. The molecule has 1 heterocycles. The van der Waals surface area contributed by atoms with Gasteiger partial charge in [-0.05, 0) is 13.8 Å². The van der Waals surface area contributed by atoms with Gasteiger partial charge in [-0.25, -0.2) is 4.98 Å². The average Bonchev–Trinajstić information content (AvgIpc) is 2.52. The number of aromatic nitrogens is 1. The lowest BCUT2D eigenvalue weighted by molar-refractivity contribution is -0.120. The molecule has 1 N–H and O–H groups in total. The number of nitrogens with one attached hydrogen (secondary N) is 1. The van der Waals surface area contributed by atoms with E-state index in [0.717, 1.165) is 9.88 Å². The van der Waals surface area contributed by atoms with Crippen molar-refractivity contribution >= 4 is 17.2 Å². The van der Waals surface area contributed by atoms with Crippen LogP contribution in [0.2, 0.25) is 0 Å². The number of hydrogen-bond donors (Lipinski definition) is 1. The molecule has 0 saturated carbocycles. The van der Waals surface area contributed by atoms with Crippen LogP contribution in [-0.2, 0) is 4.79 Å². The van der Waals surface area contributed by atoms with Crippen molar-refractivity contribution in [3.8, 4) is 6.07 Å². The van der Waals surface area contributed by atoms with Crippen LogP contribution in [-0.4, -0.2) is 10.9 Å². The third kappa shape index (κ3) is 2.82. The SMILES string of the molecule is Cc1cnc(C(C)NC(=O)CC#N)s1. The fourth-order valence-corrected chi connectivity index (χ4v) is 1.77. The standard InChI is InChI=1S/C9H11N3OS/c1-6-5-11-9(14-6)7(2)12-8(13)3-4-10/h5,7H,3H2,1-2H3,(H,12,13). The Morgan fingerprint density at radius 2 is 2.57 bits per heavy atom. The van der Waals surface area contributed by atoms with Gasteiger partial charge in [0.25, 0.3) is 0 Å². The number of rotatable bonds is 3. The summed E-state index contributed by atoms with van der Waals surface area (Å²) in [4.78, 5) is 16.3. The van der Waals surface area contributed by atoms with Crippen LogP contribution in [0.3, 0.4) is 0 Å². The van der Waals surface area contributed by atoms with Crippen molar-refractivity contribution in [2.45, 2.75) is 26.3 Å². The van der Waals surface area contributed by atoms with E-state index < -0.39 is 0 Å². The topological polar surface area (TPSA) is 65.8 Å². The molecule has 0 aromatic carbocycles. The summed E-state index contributed by atoms with van der Waals surface area (Å²) in [5, 5.41) is 11.9. The molecule has 0 aliphatic carbocycles. The minimum atomic E-state index is -0.257. The number of amides is 1. The van der Waals surface area contributed by atoms with Gasteiger partial charge >= 0.3 is 0 Å². The van der Waals surface area contributed by atoms with Crippen LogP contribution in [0.4, 0.5) is 0 Å². The molecule has 0 aliphatic rings. The fourth-order valence-electron chi connectivity index (χ4n) is 0.998. The molecular weight excluding hydrogens is 198 g/mol. The van der Waals surface area contributed by atoms with E-state index in [4.69, 9.17) is 5.26 Å². The minimum Gasteiger partial charge on any atom is -0.346 e. The van der Waals surface area contributed by atoms with Crippen molar-refractivity contribution in [2.75, 3.05) is 0 Å². The van der Waals surface area contributed by atoms with Crippen molar-refractivity contribution in [3.63, 3.8) is 0 Å². The van der Waals surface area contributed by atoms with Gasteiger partial charge in [0.05, 0.1) is 12.1 Å². The van der Waals surface area contributed by atoms with Crippen LogP contribution in [0.15, 0.2) is 6.20 Å². The van der Waals surface area contributed by atoms with Crippen LogP contribution >= 0.6 is 11.3 Å². The second-order valence-electron chi connectivity index (χ2n) is 2.93. The quantitative estimate of drug-likeness (QED) is 0.821. The molecule has 0 radical (unpaired) electrons. The van der Waals surface area contributed by atoms with E-state index in [-0.39, 0.29) is 18.4 Å². The van der Waals surface area contributed by atoms with Gasteiger partial charge in [-0.2, -0.15) is 5.26 Å². The Bertz CT molecular complexity index is 366. The van der Waals surface area contributed by atoms with E-state index in [2.05, 4.69) is 10.3 Å². The summed E-state index contributed by atoms with van der Waals surface area (Å²) >= 11 is 1.55. The molecule has 0 aliphatic heterocycles. The summed E-state index contributed by atoms with van der Waals surface area (Å²) < 4.78 is 0. The summed E-state index contributed by atoms with van der Waals surface area (Å²) in [6.45, 7) is 3.82. The second kappa shape index (κ2) is 4.72. The first-order valence-electron chi connectivity index (χ1n) is 4.22. The summed E-state index contributed by atoms with van der Waals surface area (Å²) in [6, 6.07) is 1.68. The maximum atomic E-state index is 11.1. The third-order valence-electron chi connectivity index (χ3n) is 1.63. The molecule has 14 heavy (non-hydrogen) atoms. The summed E-state index contributed by atoms with van der Waals surface area (Å²) in [6.07, 6.45) is 1.67. The van der Waals surface area contributed by atoms with Crippen LogP contribution in [0.1, 0.15) is 29.3 Å². The molecule has 5 heteroatoms. The summed E-state index contributed by atoms with van der Waals surface area (Å²) in [7, 11) is 0. The fraction of sp³-hybridized carbons (Fsp3) is 0.444. The largest absolute Gasteiger partial charge is 0.346 e. The summed E-state index contributed by atoms with van der Waals surface area (Å²) in [5.74, 6) is -0.257. The van der Waals surface area contributed by atoms with E-state index in [1.54, 1.807) is 23.6 Å². The van der Waals surface area contributed by atoms with Crippen molar-refractivity contribution < 1.29 is 4.79 Å². The highest BCUT2D eigenvalue weighted by Crippen LogP contribution is 2.18. The van der Waals surface area contributed by atoms with Crippen molar-refractivity contribution in [2.24, 2.45) is 0 Å². The Labute approximate surface area is 86.6 Å². The zero-order valence-corrected chi connectivity index (χ0v) is 8.89. The number of nitrogens with zero attached hydrogens (tertiary/aromatic N) is 2. The first-order chi connectivity index (χ1) is 6.63. The predicted octanol–water partition coefficient (Wildman–Crippen LogP) is 1.54. The molecule has 1 rings (SSSR count). The highest BCUT2D eigenvalue weighted by molar-refractivity contribution is 7.11. The van der Waals surface area contributed by atoms with Gasteiger partial charge in [0.1, 0.15) is 11.4 Å².